The van der Waals surface area contributed by atoms with Gasteiger partial charge in [-0.3, -0.25) is 19.3 Å². The maximum atomic E-state index is 12.4. The number of carbonyl (C=O) groups is 2. The summed E-state index contributed by atoms with van der Waals surface area (Å²) < 4.78 is 50.4. The number of morpholine rings is 2. The normalized spacial score (nSPS) is 12.8. The zero-order valence-corrected chi connectivity index (χ0v) is 80.8. The van der Waals surface area contributed by atoms with Gasteiger partial charge in [-0.2, -0.15) is 5.10 Å². The Bertz CT molecular complexity index is 4180. The van der Waals surface area contributed by atoms with Crippen molar-refractivity contribution in [2.45, 2.75) is 197 Å². The van der Waals surface area contributed by atoms with Crippen molar-refractivity contribution in [1.29, 1.82) is 0 Å². The van der Waals surface area contributed by atoms with E-state index >= 15 is 0 Å². The predicted octanol–water partition coefficient (Wildman–Crippen LogP) is 18.0. The van der Waals surface area contributed by atoms with Crippen LogP contribution < -0.4 is 34.9 Å². The van der Waals surface area contributed by atoms with Crippen molar-refractivity contribution in [2.75, 3.05) is 160 Å². The first kappa shape index (κ1) is 108. The van der Waals surface area contributed by atoms with Gasteiger partial charge >= 0.3 is 12.1 Å². The van der Waals surface area contributed by atoms with Gasteiger partial charge in [0.25, 0.3) is 0 Å². The number of methoxy groups -OCH3 is 3. The van der Waals surface area contributed by atoms with Crippen LogP contribution in [0.3, 0.4) is 0 Å². The average molecular weight is 1750 g/mol. The molecule has 23 nitrogen and oxygen atoms in total. The molecule has 2 aromatic heterocycles. The Hall–Kier alpha value is -8.92. The van der Waals surface area contributed by atoms with E-state index in [1.54, 1.807) is 28.4 Å². The number of hydrogen-bond acceptors (Lipinski definition) is 20. The number of thiocarbonyl (C=S) groups is 1. The van der Waals surface area contributed by atoms with Gasteiger partial charge in [0, 0.05) is 125 Å². The third-order valence-electron chi connectivity index (χ3n) is 20.2. The number of hydrogen-bond donors (Lipinski definition) is 4. The molecule has 2 aliphatic heterocycles. The number of nitrogens with zero attached hydrogens (tertiary/aromatic N) is 8. The average Bonchev–Trinajstić information content (AvgIpc) is 1.64. The number of carbonyl (C=O) groups excluding carboxylic acids is 2. The van der Waals surface area contributed by atoms with Crippen LogP contribution in [0.1, 0.15) is 221 Å². The quantitative estimate of drug-likeness (QED) is 0.0214. The third kappa shape index (κ3) is 46.4. The minimum Gasteiger partial charge on any atom is -0.493 e. The van der Waals surface area contributed by atoms with Crippen LogP contribution in [0.25, 0.3) is 0 Å². The number of ether oxygens (including phenoxy) is 9. The maximum Gasteiger partial charge on any atom is 0.410 e. The smallest absolute Gasteiger partial charge is 0.410 e. The lowest BCUT2D eigenvalue weighted by Crippen LogP contribution is -2.44. The number of rotatable bonds is 35. The largest absolute Gasteiger partial charge is 0.493 e. The van der Waals surface area contributed by atoms with Crippen molar-refractivity contribution in [2.24, 2.45) is 7.05 Å². The molecule has 2 aliphatic rings. The van der Waals surface area contributed by atoms with E-state index in [1.807, 2.05) is 111 Å². The molecule has 0 unspecified atom stereocenters. The first-order valence-corrected chi connectivity index (χ1v) is 44.9. The van der Waals surface area contributed by atoms with E-state index in [1.165, 1.54) is 55.0 Å². The van der Waals surface area contributed by atoms with Crippen molar-refractivity contribution < 1.29 is 57.3 Å². The standard InChI is InChI=1S/C22H28N2O2S.C17H27NO3.C16H25NO3.C13H21N3O2.C13H21NO.C12H19NO.C8H14N2/c1-17(2)20-12-8-7-11-19(20)16-24(13-14-26-3)22(27)23-21(25)15-18-9-5-4-6-10-18;1-13(2)14-7-9-15(10-8-14)20-12-11-18(6)16(19)21-17(3,4)5;1-13(2)14-4-5-15(16(12-14)18-3)20-11-8-17-6-9-19-10-7-17;1-11(2)12-9-14-13(15-10-12)18-8-5-16-3-6-17-7-4-16;1-11(2)13-6-4-5-12(9-13)10-14-7-8-15-3;1-10(2)12-5-3-11(4-6-12)9-13-7-8-14;1-8(2,3)7-5-9-10(4)6-7/h4-12,17H,13-16H2,1-3H3,(H,23,25,27);7-10,13H,11-12H2,1-6H3;4-5,12-13H,6-11H2,1-3H3;9-11H,3-8H2,1-2H3;4-6,9,11,14H,7-8,10H2,1-3H3;3-6,10,13-14H,7-9H2,1-2H3;5-6H,1-4H3. The molecule has 4 heterocycles. The Labute approximate surface area is 756 Å². The molecule has 6 aromatic carbocycles. The van der Waals surface area contributed by atoms with Crippen molar-refractivity contribution in [3.8, 4) is 23.3 Å². The van der Waals surface area contributed by atoms with Gasteiger partial charge in [-0.15, -0.1) is 0 Å². The Balaban J connectivity index is 0.000000311. The predicted molar refractivity (Wildman–Crippen MR) is 513 cm³/mol. The van der Waals surface area contributed by atoms with E-state index in [4.69, 9.17) is 60.0 Å². The first-order chi connectivity index (χ1) is 59.6. The van der Waals surface area contributed by atoms with Gasteiger partial charge in [0.15, 0.2) is 16.6 Å². The number of nitrogens with one attached hydrogen (secondary N) is 3. The SMILES string of the molecule is CC(C)c1ccc(CNCCO)cc1.CC(C)c1ccc(OCCN(C)C(=O)OC(C)(C)C)cc1.CC(C)c1cnc(OCCN2CCOCC2)nc1.COCCN(Cc1ccccc1C(C)C)C(=S)NC(=O)Cc1ccccc1.COCCNCc1cccc(C(C)C)c1.COc1cc(C(C)C)ccc1OCCN1CCOCC1.Cn1cc(C(C)(C)C)cn1. The summed E-state index contributed by atoms with van der Waals surface area (Å²) in [6.45, 7) is 55.6. The molecule has 8 aromatic rings. The summed E-state index contributed by atoms with van der Waals surface area (Å²) in [4.78, 5) is 40.7. The summed E-state index contributed by atoms with van der Waals surface area (Å²) in [5.41, 5.74) is 13.6. The van der Waals surface area contributed by atoms with E-state index in [2.05, 4.69) is 242 Å². The molecule has 0 atom stereocenters. The van der Waals surface area contributed by atoms with Gasteiger partial charge in [0.05, 0.1) is 72.5 Å². The summed E-state index contributed by atoms with van der Waals surface area (Å²) in [7, 11) is 8.72. The fourth-order valence-corrected chi connectivity index (χ4v) is 12.5. The number of aromatic nitrogens is 4. The Morgan fingerprint density at radius 1 is 0.536 bits per heavy atom. The summed E-state index contributed by atoms with van der Waals surface area (Å²) in [6.07, 6.45) is 7.62. The second-order valence-corrected chi connectivity index (χ2v) is 35.3. The molecule has 24 heteroatoms. The van der Waals surface area contributed by atoms with Crippen molar-refractivity contribution in [3.63, 3.8) is 0 Å². The molecule has 0 saturated carbocycles. The molecular formula is C101H155N11O12S. The minimum atomic E-state index is -0.473. The van der Waals surface area contributed by atoms with E-state index < -0.39 is 5.60 Å². The van der Waals surface area contributed by atoms with Crippen LogP contribution in [0.5, 0.6) is 23.3 Å². The first-order valence-electron chi connectivity index (χ1n) is 44.5. The summed E-state index contributed by atoms with van der Waals surface area (Å²) in [5, 5.41) is 22.5. The summed E-state index contributed by atoms with van der Waals surface area (Å²) >= 11 is 5.53. The Morgan fingerprint density at radius 3 is 1.58 bits per heavy atom. The molecule has 0 aliphatic carbocycles. The van der Waals surface area contributed by atoms with E-state index in [-0.39, 0.29) is 24.0 Å². The lowest BCUT2D eigenvalue weighted by molar-refractivity contribution is -0.119. The summed E-state index contributed by atoms with van der Waals surface area (Å²) in [5.74, 6) is 5.42. The Morgan fingerprint density at radius 2 is 1.06 bits per heavy atom. The van der Waals surface area contributed by atoms with Crippen molar-refractivity contribution >= 4 is 29.3 Å². The van der Waals surface area contributed by atoms with Gasteiger partial charge in [0.1, 0.15) is 31.2 Å². The fourth-order valence-electron chi connectivity index (χ4n) is 12.3. The lowest BCUT2D eigenvalue weighted by atomic mass is 9.90. The van der Waals surface area contributed by atoms with E-state index in [0.29, 0.717) is 106 Å². The highest BCUT2D eigenvalue weighted by Crippen LogP contribution is 2.31. The monoisotopic (exact) mass is 1750 g/mol. The van der Waals surface area contributed by atoms with E-state index in [0.717, 1.165) is 120 Å². The Kier molecular flexibility index (Phi) is 52.6. The zero-order chi connectivity index (χ0) is 92.1. The van der Waals surface area contributed by atoms with Crippen LogP contribution in [0.15, 0.2) is 170 Å². The van der Waals surface area contributed by atoms with Crippen LogP contribution in [-0.2, 0) is 67.0 Å². The van der Waals surface area contributed by atoms with Crippen LogP contribution in [-0.4, -0.2) is 227 Å². The minimum absolute atomic E-state index is 0.106. The number of aliphatic hydroxyl groups is 1. The molecule has 0 spiro atoms. The second-order valence-electron chi connectivity index (χ2n) is 34.9. The highest BCUT2D eigenvalue weighted by molar-refractivity contribution is 7.80. The molecule has 2 fully saturated rings. The van der Waals surface area contributed by atoms with Gasteiger partial charge in [-0.05, 0) is 159 Å². The van der Waals surface area contributed by atoms with Crippen LogP contribution in [0.2, 0.25) is 0 Å². The molecule has 10 rings (SSSR count). The highest BCUT2D eigenvalue weighted by Gasteiger charge is 2.22. The second kappa shape index (κ2) is 60.7. The zero-order valence-electron chi connectivity index (χ0n) is 80.0. The molecule has 0 bridgehead atoms. The third-order valence-corrected chi connectivity index (χ3v) is 20.6. The van der Waals surface area contributed by atoms with Gasteiger partial charge in [-0.1, -0.05) is 225 Å². The lowest BCUT2D eigenvalue weighted by Gasteiger charge is -2.27. The molecule has 0 radical (unpaired) electrons. The molecule has 2 amide bonds. The van der Waals surface area contributed by atoms with Crippen molar-refractivity contribution in [1.82, 2.24) is 55.3 Å². The molecule has 692 valence electrons. The number of likely N-dealkylation sites (N-methyl/N-ethyl adjacent to an activating group) is 1. The van der Waals surface area contributed by atoms with Crippen LogP contribution >= 0.6 is 12.2 Å². The molecule has 4 N–H and O–H groups in total. The fraction of sp³-hybridized carbons (Fsp3) is 0.545. The van der Waals surface area contributed by atoms with Gasteiger partial charge in [0.2, 0.25) is 5.91 Å². The number of benzene rings is 6. The van der Waals surface area contributed by atoms with Crippen molar-refractivity contribution in [3.05, 3.63) is 232 Å². The molecule has 125 heavy (non-hydrogen) atoms. The van der Waals surface area contributed by atoms with Crippen LogP contribution in [0.4, 0.5) is 4.79 Å². The highest BCUT2D eigenvalue weighted by atomic mass is 32.1. The van der Waals surface area contributed by atoms with E-state index in [9.17, 15) is 9.59 Å². The van der Waals surface area contributed by atoms with Gasteiger partial charge in [-0.25, -0.2) is 14.8 Å². The molecule has 2 saturated heterocycles. The topological polar surface area (TPSA) is 230 Å². The number of aliphatic hydroxyl groups excluding tert-OH is 1. The maximum absolute atomic E-state index is 12.4. The molecular weight excluding hydrogens is 1590 g/mol. The number of aryl methyl sites for hydroxylation is 1. The van der Waals surface area contributed by atoms with Gasteiger partial charge < -0.3 is 73.5 Å². The van der Waals surface area contributed by atoms with Crippen LogP contribution in [0, 0.1) is 0 Å². The number of amides is 2. The summed E-state index contributed by atoms with van der Waals surface area (Å²) in [6, 6.07) is 50.1.